The van der Waals surface area contributed by atoms with Crippen molar-refractivity contribution in [1.82, 2.24) is 20.3 Å². The van der Waals surface area contributed by atoms with E-state index in [4.69, 9.17) is 14.5 Å². The SMILES string of the molecule is COc1ccc(-c2c(-c3nc4ccc(C5CNCCO5)cc4[nH]3)[nH]c(C)c2C(C)=O)cc1. The van der Waals surface area contributed by atoms with Crippen LogP contribution in [0.15, 0.2) is 42.5 Å². The van der Waals surface area contributed by atoms with Crippen molar-refractivity contribution in [3.63, 3.8) is 0 Å². The number of nitrogens with one attached hydrogen (secondary N) is 3. The molecule has 1 unspecified atom stereocenters. The number of ether oxygens (including phenoxy) is 2. The first-order valence-corrected chi connectivity index (χ1v) is 10.8. The van der Waals surface area contributed by atoms with Crippen LogP contribution in [0.4, 0.5) is 0 Å². The van der Waals surface area contributed by atoms with Gasteiger partial charge in [-0.3, -0.25) is 4.79 Å². The molecular formula is C25H26N4O3. The zero-order valence-corrected chi connectivity index (χ0v) is 18.4. The number of aryl methyl sites for hydroxylation is 1. The molecule has 3 N–H and O–H groups in total. The number of H-pyrrole nitrogens is 2. The summed E-state index contributed by atoms with van der Waals surface area (Å²) in [4.78, 5) is 24.2. The summed E-state index contributed by atoms with van der Waals surface area (Å²) in [5.41, 5.74) is 6.98. The molecule has 7 heteroatoms. The lowest BCUT2D eigenvalue weighted by atomic mass is 9.97. The Kier molecular flexibility index (Phi) is 5.28. The quantitative estimate of drug-likeness (QED) is 0.408. The number of carbonyl (C=O) groups is 1. The number of carbonyl (C=O) groups excluding carboxylic acids is 1. The fraction of sp³-hybridized carbons (Fsp3) is 0.280. The molecule has 3 heterocycles. The van der Waals surface area contributed by atoms with Crippen molar-refractivity contribution >= 4 is 16.8 Å². The summed E-state index contributed by atoms with van der Waals surface area (Å²) in [6, 6.07) is 13.9. The van der Waals surface area contributed by atoms with E-state index in [1.54, 1.807) is 14.0 Å². The predicted octanol–water partition coefficient (Wildman–Crippen LogP) is 4.41. The Bertz CT molecular complexity index is 1280. The number of hydrogen-bond donors (Lipinski definition) is 3. The second-order valence-electron chi connectivity index (χ2n) is 8.09. The highest BCUT2D eigenvalue weighted by molar-refractivity contribution is 6.05. The van der Waals surface area contributed by atoms with Gasteiger partial charge in [-0.05, 0) is 49.2 Å². The highest BCUT2D eigenvalue weighted by Crippen LogP contribution is 2.37. The van der Waals surface area contributed by atoms with E-state index in [9.17, 15) is 4.79 Å². The third-order valence-electron chi connectivity index (χ3n) is 5.96. The summed E-state index contributed by atoms with van der Waals surface area (Å²) in [7, 11) is 1.64. The maximum absolute atomic E-state index is 12.5. The number of benzene rings is 2. The van der Waals surface area contributed by atoms with Crippen molar-refractivity contribution in [3.05, 3.63) is 59.3 Å². The van der Waals surface area contributed by atoms with Crippen molar-refractivity contribution in [3.8, 4) is 28.4 Å². The normalized spacial score (nSPS) is 16.4. The fourth-order valence-electron chi connectivity index (χ4n) is 4.41. The largest absolute Gasteiger partial charge is 0.497 e. The number of aromatic nitrogens is 3. The van der Waals surface area contributed by atoms with Gasteiger partial charge in [0.2, 0.25) is 0 Å². The van der Waals surface area contributed by atoms with Crippen LogP contribution in [-0.2, 0) is 4.74 Å². The molecule has 0 spiro atoms. The summed E-state index contributed by atoms with van der Waals surface area (Å²) in [5.74, 6) is 1.47. The molecule has 0 saturated carbocycles. The summed E-state index contributed by atoms with van der Waals surface area (Å²) in [6.45, 7) is 5.90. The third kappa shape index (κ3) is 3.59. The molecule has 0 aliphatic carbocycles. The van der Waals surface area contributed by atoms with E-state index in [-0.39, 0.29) is 11.9 Å². The minimum absolute atomic E-state index is 0.0103. The molecule has 32 heavy (non-hydrogen) atoms. The summed E-state index contributed by atoms with van der Waals surface area (Å²) in [5, 5.41) is 3.37. The highest BCUT2D eigenvalue weighted by Gasteiger charge is 2.23. The number of rotatable bonds is 5. The van der Waals surface area contributed by atoms with Crippen LogP contribution in [0, 0.1) is 6.92 Å². The van der Waals surface area contributed by atoms with Crippen LogP contribution in [-0.4, -0.2) is 47.5 Å². The first kappa shape index (κ1) is 20.5. The van der Waals surface area contributed by atoms with E-state index in [2.05, 4.69) is 27.4 Å². The molecule has 1 aliphatic rings. The van der Waals surface area contributed by atoms with Crippen molar-refractivity contribution in [2.45, 2.75) is 20.0 Å². The Balaban J connectivity index is 1.62. The predicted molar refractivity (Wildman–Crippen MR) is 124 cm³/mol. The molecule has 164 valence electrons. The van der Waals surface area contributed by atoms with Crippen LogP contribution in [0.25, 0.3) is 33.7 Å². The summed E-state index contributed by atoms with van der Waals surface area (Å²) < 4.78 is 11.2. The van der Waals surface area contributed by atoms with Crippen LogP contribution in [0.2, 0.25) is 0 Å². The van der Waals surface area contributed by atoms with Crippen LogP contribution >= 0.6 is 0 Å². The Morgan fingerprint density at radius 2 is 1.97 bits per heavy atom. The van der Waals surface area contributed by atoms with Gasteiger partial charge in [-0.15, -0.1) is 0 Å². The average molecular weight is 431 g/mol. The van der Waals surface area contributed by atoms with Gasteiger partial charge in [-0.25, -0.2) is 4.98 Å². The number of Topliss-reactive ketones (excluding diaryl/α,β-unsaturated/α-hetero) is 1. The van der Waals surface area contributed by atoms with Gasteiger partial charge in [0.25, 0.3) is 0 Å². The minimum atomic E-state index is 0.0103. The first-order valence-electron chi connectivity index (χ1n) is 10.8. The van der Waals surface area contributed by atoms with Crippen molar-refractivity contribution in [2.24, 2.45) is 0 Å². The van der Waals surface area contributed by atoms with Crippen molar-refractivity contribution in [2.75, 3.05) is 26.8 Å². The lowest BCUT2D eigenvalue weighted by Gasteiger charge is -2.23. The number of imidazole rings is 1. The number of ketones is 1. The van der Waals surface area contributed by atoms with Gasteiger partial charge in [0.1, 0.15) is 5.75 Å². The topological polar surface area (TPSA) is 92.0 Å². The molecule has 1 atom stereocenters. The third-order valence-corrected chi connectivity index (χ3v) is 5.96. The minimum Gasteiger partial charge on any atom is -0.497 e. The zero-order chi connectivity index (χ0) is 22.2. The van der Waals surface area contributed by atoms with Crippen molar-refractivity contribution in [1.29, 1.82) is 0 Å². The second kappa shape index (κ2) is 8.26. The Labute approximate surface area is 186 Å². The first-order chi connectivity index (χ1) is 15.5. The Hall–Kier alpha value is -3.42. The number of morpholine rings is 1. The summed E-state index contributed by atoms with van der Waals surface area (Å²) >= 11 is 0. The maximum atomic E-state index is 12.5. The number of nitrogens with zero attached hydrogens (tertiary/aromatic N) is 1. The fourth-order valence-corrected chi connectivity index (χ4v) is 4.41. The number of aromatic amines is 2. The molecule has 0 amide bonds. The van der Waals surface area contributed by atoms with E-state index < -0.39 is 0 Å². The average Bonchev–Trinajstić information content (AvgIpc) is 3.40. The van der Waals surface area contributed by atoms with E-state index in [0.29, 0.717) is 18.0 Å². The number of fused-ring (bicyclic) bond motifs is 1. The van der Waals surface area contributed by atoms with E-state index in [0.717, 1.165) is 58.0 Å². The molecule has 0 bridgehead atoms. The molecule has 1 fully saturated rings. The summed E-state index contributed by atoms with van der Waals surface area (Å²) in [6.07, 6.45) is 0.0341. The monoisotopic (exact) mass is 430 g/mol. The Morgan fingerprint density at radius 1 is 1.16 bits per heavy atom. The second-order valence-corrected chi connectivity index (χ2v) is 8.09. The molecule has 0 radical (unpaired) electrons. The van der Waals surface area contributed by atoms with Gasteiger partial charge < -0.3 is 24.8 Å². The molecular weight excluding hydrogens is 404 g/mol. The molecule has 2 aromatic heterocycles. The molecule has 1 saturated heterocycles. The van der Waals surface area contributed by atoms with Gasteiger partial charge in [0, 0.05) is 29.9 Å². The molecule has 1 aliphatic heterocycles. The van der Waals surface area contributed by atoms with E-state index in [1.807, 2.05) is 37.3 Å². The zero-order valence-electron chi connectivity index (χ0n) is 18.4. The van der Waals surface area contributed by atoms with Crippen LogP contribution < -0.4 is 10.1 Å². The standard InChI is InChI=1S/C25H26N4O3/c1-14-22(15(2)30)23(16-4-7-18(31-3)8-5-16)24(27-14)25-28-19-9-6-17(12-20(19)29-25)21-13-26-10-11-32-21/h4-9,12,21,26-27H,10-11,13H2,1-3H3,(H,28,29). The molecule has 5 rings (SSSR count). The van der Waals surface area contributed by atoms with Gasteiger partial charge in [0.05, 0.1) is 36.5 Å². The van der Waals surface area contributed by atoms with Gasteiger partial charge >= 0.3 is 0 Å². The molecule has 4 aromatic rings. The van der Waals surface area contributed by atoms with E-state index >= 15 is 0 Å². The molecule has 2 aromatic carbocycles. The van der Waals surface area contributed by atoms with Crippen LogP contribution in [0.1, 0.15) is 34.6 Å². The maximum Gasteiger partial charge on any atom is 0.162 e. The van der Waals surface area contributed by atoms with Crippen LogP contribution in [0.3, 0.4) is 0 Å². The highest BCUT2D eigenvalue weighted by atomic mass is 16.5. The van der Waals surface area contributed by atoms with Gasteiger partial charge in [0.15, 0.2) is 11.6 Å². The van der Waals surface area contributed by atoms with E-state index in [1.165, 1.54) is 0 Å². The smallest absolute Gasteiger partial charge is 0.162 e. The van der Waals surface area contributed by atoms with Gasteiger partial charge in [-0.1, -0.05) is 18.2 Å². The Morgan fingerprint density at radius 3 is 2.66 bits per heavy atom. The van der Waals surface area contributed by atoms with Crippen LogP contribution in [0.5, 0.6) is 5.75 Å². The van der Waals surface area contributed by atoms with Gasteiger partial charge in [-0.2, -0.15) is 0 Å². The number of hydrogen-bond acceptors (Lipinski definition) is 5. The number of methoxy groups -OCH3 is 1. The van der Waals surface area contributed by atoms with Crippen molar-refractivity contribution < 1.29 is 14.3 Å². The molecule has 7 nitrogen and oxygen atoms in total. The lowest BCUT2D eigenvalue weighted by Crippen LogP contribution is -2.33. The lowest BCUT2D eigenvalue weighted by molar-refractivity contribution is 0.0278.